The first kappa shape index (κ1) is 88.9. The molecule has 4 atom stereocenters. The molecule has 0 aliphatic carbocycles. The van der Waals surface area contributed by atoms with Gasteiger partial charge in [-0.2, -0.15) is 71.1 Å². The summed E-state index contributed by atoms with van der Waals surface area (Å²) in [5, 5.41) is 94.5. The van der Waals surface area contributed by atoms with E-state index in [4.69, 9.17) is 96.4 Å². The molecule has 4 unspecified atom stereocenters. The third-order valence-electron chi connectivity index (χ3n) is 16.2. The maximum atomic E-state index is 13.1. The Labute approximate surface area is 593 Å². The standard InChI is InChI=1S/C11H11N5.C11H14N4.C11H17N3.C10H12F3N3.C10H16N4.C9H12FN3.C9H13N3/c1-2-10(6-12)15-4-3-5-16(9-15)11(7-13)8-14;1-2-6-14-8-11(3-4-12)9-15(10-14)7-5-13;1-2-3-7-13-9-5-10-14(11-13)8-4-6-12;1-2-4-15-6-9(10(11,12)13)7-16(8-15)5-3-14;11-3-1-5-13-7-9-14(10-8-13)6-2-4-12;1-2-4-12-6-9(10)7-13(8-12)5-3-11;1-2-5-11-6-3-7-12(9-11)8-4-10/h1,10-11H,3-5,9H2;1,11H,3,6-10H2;1H,3-5,7-11H2;1,9H,4-8H2;1-2,5-10H2;1,9H,4-8H2;1H,3,5-9H2. The zero-order chi connectivity index (χ0) is 74.2. The highest BCUT2D eigenvalue weighted by atomic mass is 19.4. The van der Waals surface area contributed by atoms with Gasteiger partial charge in [0.1, 0.15) is 6.17 Å². The molecule has 7 rings (SSSR count). The molecule has 0 saturated carbocycles. The highest BCUT2D eigenvalue weighted by Crippen LogP contribution is 2.30. The Kier molecular flexibility index (Phi) is 49.6. The highest BCUT2D eigenvalue weighted by Gasteiger charge is 2.44. The maximum absolute atomic E-state index is 13.1. The van der Waals surface area contributed by atoms with Crippen molar-refractivity contribution in [3.05, 3.63) is 0 Å². The molecular formula is C71H95F4N25. The molecule has 7 heterocycles. The van der Waals surface area contributed by atoms with Crippen LogP contribution in [0.15, 0.2) is 0 Å². The number of nitriles is 11. The van der Waals surface area contributed by atoms with Crippen LogP contribution in [-0.4, -0.2) is 316 Å². The van der Waals surface area contributed by atoms with Gasteiger partial charge in [-0.25, -0.2) is 4.39 Å². The molecular weight excluding hydrogens is 1280 g/mol. The predicted octanol–water partition coefficient (Wildman–Crippen LogP) is 2.52. The average molecular weight is 1370 g/mol. The fourth-order valence-electron chi connectivity index (χ4n) is 11.6. The zero-order valence-electron chi connectivity index (χ0n) is 57.7. The van der Waals surface area contributed by atoms with Crippen LogP contribution in [-0.2, 0) is 0 Å². The maximum Gasteiger partial charge on any atom is 0.394 e. The van der Waals surface area contributed by atoms with Crippen LogP contribution in [0.3, 0.4) is 0 Å². The van der Waals surface area contributed by atoms with E-state index in [0.717, 1.165) is 137 Å². The topological polar surface area (TPSA) is 307 Å². The lowest BCUT2D eigenvalue weighted by Gasteiger charge is -2.38. The van der Waals surface area contributed by atoms with Gasteiger partial charge in [-0.3, -0.25) is 68.6 Å². The number of hydrogen-bond acceptors (Lipinski definition) is 25. The van der Waals surface area contributed by atoms with E-state index in [2.05, 4.69) is 106 Å². The van der Waals surface area contributed by atoms with E-state index in [-0.39, 0.29) is 32.7 Å². The Morgan fingerprint density at radius 1 is 0.330 bits per heavy atom. The lowest BCUT2D eigenvalue weighted by molar-refractivity contribution is -0.194. The second kappa shape index (κ2) is 55.7. The molecule has 0 bridgehead atoms. The summed E-state index contributed by atoms with van der Waals surface area (Å²) in [6, 6.07) is 21.3. The SMILES string of the molecule is C#CC(C#N)N1CCCN(C(C#N)C#N)C1.C#CCCN1CCCN(CCC#N)C1.C#CCN1CC(C(F)(F)F)CN(CC#N)C1.C#CCN1CC(CC#N)CN(CC#N)C1.C#CCN1CC(F)CN(CC#N)C1.C#CCN1CCCN(CC#N)C1.N#CCCN1CCN(CCC#N)CC1. The van der Waals surface area contributed by atoms with Gasteiger partial charge in [0, 0.05) is 163 Å². The van der Waals surface area contributed by atoms with Gasteiger partial charge in [0.2, 0.25) is 0 Å². The molecule has 25 nitrogen and oxygen atoms in total. The fraction of sp³-hybridized carbons (Fsp3) is 0.676. The summed E-state index contributed by atoms with van der Waals surface area (Å²) in [7, 11) is 0. The van der Waals surface area contributed by atoms with Crippen LogP contribution >= 0.6 is 0 Å². The number of nitrogens with zero attached hydrogens (tertiary/aromatic N) is 25. The first-order valence-corrected chi connectivity index (χ1v) is 33.0. The molecule has 100 heavy (non-hydrogen) atoms. The van der Waals surface area contributed by atoms with Gasteiger partial charge in [-0.05, 0) is 25.2 Å². The molecule has 0 aromatic rings. The lowest BCUT2D eigenvalue weighted by atomic mass is 10.0. The van der Waals surface area contributed by atoms with E-state index >= 15 is 0 Å². The molecule has 29 heteroatoms. The third-order valence-corrected chi connectivity index (χ3v) is 16.2. The van der Waals surface area contributed by atoms with Crippen LogP contribution in [0.5, 0.6) is 0 Å². The normalized spacial score (nSPS) is 21.1. The third kappa shape index (κ3) is 39.5. The number of rotatable bonds is 19. The molecule has 532 valence electrons. The summed E-state index contributed by atoms with van der Waals surface area (Å²) >= 11 is 0. The second-order valence-electron chi connectivity index (χ2n) is 24.2. The number of hydrogen-bond donors (Lipinski definition) is 0. The average Bonchev–Trinajstić information content (AvgIpc) is 0.842. The summed E-state index contributed by atoms with van der Waals surface area (Å²) in [6.45, 7) is 22.7. The van der Waals surface area contributed by atoms with Gasteiger partial charge < -0.3 is 0 Å². The van der Waals surface area contributed by atoms with Crippen LogP contribution in [0.4, 0.5) is 17.6 Å². The highest BCUT2D eigenvalue weighted by molar-refractivity contribution is 5.14. The van der Waals surface area contributed by atoms with Gasteiger partial charge in [-0.1, -0.05) is 29.6 Å². The van der Waals surface area contributed by atoms with Crippen LogP contribution < -0.4 is 0 Å². The molecule has 0 N–H and O–H groups in total. The molecule has 0 spiro atoms. The molecule has 7 aliphatic rings. The Bertz CT molecular complexity index is 2870. The van der Waals surface area contributed by atoms with Crippen molar-refractivity contribution in [1.29, 1.82) is 57.9 Å². The Morgan fingerprint density at radius 3 is 1.06 bits per heavy atom. The monoisotopic (exact) mass is 1370 g/mol. The van der Waals surface area contributed by atoms with Crippen LogP contribution in [0, 0.1) is 211 Å². The predicted molar refractivity (Wildman–Crippen MR) is 368 cm³/mol. The minimum Gasteiger partial charge on any atom is -0.300 e. The van der Waals surface area contributed by atoms with Gasteiger partial charge in [-0.15, -0.1) is 44.5 Å². The quantitative estimate of drug-likeness (QED) is 0.102. The summed E-state index contributed by atoms with van der Waals surface area (Å²) in [4.78, 5) is 27.8. The van der Waals surface area contributed by atoms with E-state index in [1.807, 2.05) is 40.1 Å². The number of piperazine rings is 1. The first-order chi connectivity index (χ1) is 48.4. The molecule has 7 aliphatic heterocycles. The Balaban J connectivity index is 0.000000584. The molecule has 0 amide bonds. The number of terminal acetylenes is 6. The van der Waals surface area contributed by atoms with Crippen molar-refractivity contribution in [2.24, 2.45) is 11.8 Å². The second-order valence-corrected chi connectivity index (χ2v) is 24.2. The van der Waals surface area contributed by atoms with Crippen molar-refractivity contribution < 1.29 is 17.6 Å². The largest absolute Gasteiger partial charge is 0.394 e. The molecule has 7 saturated heterocycles. The zero-order valence-corrected chi connectivity index (χ0v) is 57.7. The smallest absolute Gasteiger partial charge is 0.300 e. The molecule has 7 fully saturated rings. The van der Waals surface area contributed by atoms with E-state index in [1.54, 1.807) is 14.7 Å². The summed E-state index contributed by atoms with van der Waals surface area (Å²) in [5.74, 6) is 13.9. The molecule has 0 radical (unpaired) electrons. The van der Waals surface area contributed by atoms with Crippen molar-refractivity contribution in [3.63, 3.8) is 0 Å². The van der Waals surface area contributed by atoms with Gasteiger partial charge in [0.05, 0.1) is 165 Å². The summed E-state index contributed by atoms with van der Waals surface area (Å²) < 4.78 is 50.8. The van der Waals surface area contributed by atoms with E-state index in [1.165, 1.54) is 16.2 Å². The fourth-order valence-corrected chi connectivity index (χ4v) is 11.6. The van der Waals surface area contributed by atoms with E-state index < -0.39 is 30.3 Å². The number of alkyl halides is 4. The minimum atomic E-state index is -4.24. The lowest BCUT2D eigenvalue weighted by Crippen LogP contribution is -2.53. The number of halogens is 4. The van der Waals surface area contributed by atoms with Gasteiger partial charge in [0.25, 0.3) is 0 Å². The van der Waals surface area contributed by atoms with Crippen molar-refractivity contribution >= 4 is 0 Å². The van der Waals surface area contributed by atoms with Gasteiger partial charge in [0.15, 0.2) is 12.1 Å². The van der Waals surface area contributed by atoms with Crippen molar-refractivity contribution in [2.45, 2.75) is 75.8 Å². The first-order valence-electron chi connectivity index (χ1n) is 33.0. The Hall–Kier alpha value is -9.09. The van der Waals surface area contributed by atoms with Crippen molar-refractivity contribution in [3.8, 4) is 141 Å². The summed E-state index contributed by atoms with van der Waals surface area (Å²) in [6.07, 6.45) is 32.3. The van der Waals surface area contributed by atoms with Crippen molar-refractivity contribution in [2.75, 3.05) is 223 Å². The minimum absolute atomic E-state index is 0.00630. The van der Waals surface area contributed by atoms with Gasteiger partial charge >= 0.3 is 6.18 Å². The Morgan fingerprint density at radius 2 is 0.660 bits per heavy atom. The molecule has 0 aromatic heterocycles. The molecule has 0 aromatic carbocycles. The van der Waals surface area contributed by atoms with E-state index in [0.29, 0.717) is 104 Å². The van der Waals surface area contributed by atoms with Crippen LogP contribution in [0.2, 0.25) is 0 Å². The van der Waals surface area contributed by atoms with Crippen LogP contribution in [0.1, 0.15) is 51.4 Å². The van der Waals surface area contributed by atoms with Crippen LogP contribution in [0.25, 0.3) is 0 Å². The summed E-state index contributed by atoms with van der Waals surface area (Å²) in [5.41, 5.74) is 0. The van der Waals surface area contributed by atoms with Crippen molar-refractivity contribution in [1.82, 2.24) is 68.6 Å². The van der Waals surface area contributed by atoms with E-state index in [9.17, 15) is 17.6 Å².